The number of anilines is 2. The van der Waals surface area contributed by atoms with Gasteiger partial charge in [0, 0.05) is 50.3 Å². The molecule has 6 nitrogen and oxygen atoms in total. The van der Waals surface area contributed by atoms with Gasteiger partial charge in [0.25, 0.3) is 5.91 Å². The maximum atomic E-state index is 12.3. The van der Waals surface area contributed by atoms with E-state index in [9.17, 15) is 9.90 Å². The second-order valence-corrected chi connectivity index (χ2v) is 7.44. The Balaban J connectivity index is 1.24. The van der Waals surface area contributed by atoms with Crippen molar-refractivity contribution in [3.63, 3.8) is 0 Å². The van der Waals surface area contributed by atoms with Crippen molar-refractivity contribution in [1.29, 1.82) is 0 Å². The number of benzene rings is 2. The van der Waals surface area contributed by atoms with Gasteiger partial charge < -0.3 is 15.3 Å². The lowest BCUT2D eigenvalue weighted by atomic mass is 10.1. The highest BCUT2D eigenvalue weighted by Gasteiger charge is 2.17. The van der Waals surface area contributed by atoms with Crippen molar-refractivity contribution in [1.82, 2.24) is 9.88 Å². The van der Waals surface area contributed by atoms with Crippen LogP contribution in [-0.2, 0) is 6.42 Å². The van der Waals surface area contributed by atoms with E-state index in [1.54, 1.807) is 12.1 Å². The van der Waals surface area contributed by atoms with Gasteiger partial charge in [0.2, 0.25) is 5.88 Å². The van der Waals surface area contributed by atoms with Gasteiger partial charge in [-0.1, -0.05) is 30.3 Å². The molecular weight excluding hydrogens is 376 g/mol. The lowest BCUT2D eigenvalue weighted by Gasteiger charge is -2.36. The fourth-order valence-electron chi connectivity index (χ4n) is 3.68. The summed E-state index contributed by atoms with van der Waals surface area (Å²) in [6.07, 6.45) is 2.42. The average Bonchev–Trinajstić information content (AvgIpc) is 2.80. The molecule has 0 aliphatic carbocycles. The minimum absolute atomic E-state index is 0.163. The largest absolute Gasteiger partial charge is 0.493 e. The summed E-state index contributed by atoms with van der Waals surface area (Å²) < 4.78 is 0. The molecule has 1 saturated heterocycles. The van der Waals surface area contributed by atoms with E-state index in [1.807, 2.05) is 24.3 Å². The first-order valence-corrected chi connectivity index (χ1v) is 10.3. The highest BCUT2D eigenvalue weighted by Crippen LogP contribution is 2.18. The normalized spacial score (nSPS) is 14.5. The summed E-state index contributed by atoms with van der Waals surface area (Å²) in [7, 11) is 0. The first-order valence-electron chi connectivity index (χ1n) is 10.3. The molecule has 30 heavy (non-hydrogen) atoms. The summed E-state index contributed by atoms with van der Waals surface area (Å²) >= 11 is 0. The molecular formula is C24H26N4O2. The van der Waals surface area contributed by atoms with Gasteiger partial charge in [-0.25, -0.2) is 4.98 Å². The van der Waals surface area contributed by atoms with Crippen LogP contribution in [-0.4, -0.2) is 53.6 Å². The topological polar surface area (TPSA) is 68.7 Å². The molecule has 0 bridgehead atoms. The number of amides is 1. The molecule has 154 valence electrons. The third-order valence-electron chi connectivity index (χ3n) is 5.45. The quantitative estimate of drug-likeness (QED) is 0.661. The molecule has 0 spiro atoms. The third-order valence-corrected chi connectivity index (χ3v) is 5.45. The zero-order valence-electron chi connectivity index (χ0n) is 16.9. The molecule has 0 saturated carbocycles. The smallest absolute Gasteiger partial charge is 0.261 e. The zero-order valence-corrected chi connectivity index (χ0v) is 16.9. The Labute approximate surface area is 176 Å². The molecule has 1 fully saturated rings. The number of carbonyl (C=O) groups is 1. The molecule has 1 amide bonds. The second-order valence-electron chi connectivity index (χ2n) is 7.44. The van der Waals surface area contributed by atoms with Crippen LogP contribution in [0, 0.1) is 0 Å². The molecule has 0 unspecified atom stereocenters. The predicted molar refractivity (Wildman–Crippen MR) is 119 cm³/mol. The fourth-order valence-corrected chi connectivity index (χ4v) is 3.68. The van der Waals surface area contributed by atoms with E-state index in [2.05, 4.69) is 50.4 Å². The van der Waals surface area contributed by atoms with Gasteiger partial charge >= 0.3 is 0 Å². The maximum absolute atomic E-state index is 12.3. The van der Waals surface area contributed by atoms with Crippen molar-refractivity contribution in [3.05, 3.63) is 84.1 Å². The van der Waals surface area contributed by atoms with E-state index in [0.29, 0.717) is 5.69 Å². The molecule has 2 N–H and O–H groups in total. The number of aromatic hydroxyl groups is 1. The van der Waals surface area contributed by atoms with Gasteiger partial charge in [-0.15, -0.1) is 0 Å². The minimum Gasteiger partial charge on any atom is -0.493 e. The summed E-state index contributed by atoms with van der Waals surface area (Å²) in [5.74, 6) is -0.636. The first-order chi connectivity index (χ1) is 14.7. The third kappa shape index (κ3) is 4.96. The average molecular weight is 402 g/mol. The zero-order chi connectivity index (χ0) is 20.8. The molecule has 0 radical (unpaired) electrons. The Morgan fingerprint density at radius 3 is 2.37 bits per heavy atom. The summed E-state index contributed by atoms with van der Waals surface area (Å²) in [5, 5.41) is 12.5. The van der Waals surface area contributed by atoms with Crippen LogP contribution in [0.2, 0.25) is 0 Å². The molecule has 3 aromatic rings. The summed E-state index contributed by atoms with van der Waals surface area (Å²) in [5.41, 5.74) is 3.40. The summed E-state index contributed by atoms with van der Waals surface area (Å²) in [6.45, 7) is 5.26. The highest BCUT2D eigenvalue weighted by molar-refractivity contribution is 6.05. The number of hydrogen-bond donors (Lipinski definition) is 2. The lowest BCUT2D eigenvalue weighted by Crippen LogP contribution is -2.46. The van der Waals surface area contributed by atoms with Gasteiger partial charge in [-0.2, -0.15) is 0 Å². The predicted octanol–water partition coefficient (Wildman–Crippen LogP) is 3.40. The maximum Gasteiger partial charge on any atom is 0.261 e. The van der Waals surface area contributed by atoms with Crippen LogP contribution < -0.4 is 10.2 Å². The SMILES string of the molecule is O=C(Nc1ccc(CCN2CCN(c3ccccc3)CC2)cc1)c1cccnc1O. The highest BCUT2D eigenvalue weighted by atomic mass is 16.3. The van der Waals surface area contributed by atoms with E-state index >= 15 is 0 Å². The van der Waals surface area contributed by atoms with Crippen molar-refractivity contribution in [2.24, 2.45) is 0 Å². The fraction of sp³-hybridized carbons (Fsp3) is 0.250. The monoisotopic (exact) mass is 402 g/mol. The molecule has 1 aliphatic rings. The number of hydrogen-bond acceptors (Lipinski definition) is 5. The van der Waals surface area contributed by atoms with Gasteiger partial charge in [0.05, 0.1) is 0 Å². The molecule has 1 aliphatic heterocycles. The van der Waals surface area contributed by atoms with Crippen molar-refractivity contribution in [3.8, 4) is 5.88 Å². The first kappa shape index (κ1) is 19.9. The Kier molecular flexibility index (Phi) is 6.25. The van der Waals surface area contributed by atoms with Gasteiger partial charge in [0.15, 0.2) is 0 Å². The van der Waals surface area contributed by atoms with E-state index in [-0.39, 0.29) is 17.4 Å². The number of piperazine rings is 1. The van der Waals surface area contributed by atoms with Crippen molar-refractivity contribution < 1.29 is 9.90 Å². The minimum atomic E-state index is -0.371. The molecule has 4 rings (SSSR count). The van der Waals surface area contributed by atoms with Crippen LogP contribution in [0.1, 0.15) is 15.9 Å². The van der Waals surface area contributed by atoms with E-state index in [4.69, 9.17) is 0 Å². The number of nitrogens with zero attached hydrogens (tertiary/aromatic N) is 3. The standard InChI is InChI=1S/C24H26N4O2/c29-23-22(7-4-13-25-23)24(30)26-20-10-8-19(9-11-20)12-14-27-15-17-28(18-16-27)21-5-2-1-3-6-21/h1-11,13H,12,14-18H2,(H,25,29)(H,26,30). The van der Waals surface area contributed by atoms with Crippen LogP contribution in [0.4, 0.5) is 11.4 Å². The van der Waals surface area contributed by atoms with Crippen LogP contribution in [0.5, 0.6) is 5.88 Å². The van der Waals surface area contributed by atoms with E-state index in [0.717, 1.165) is 39.1 Å². The van der Waals surface area contributed by atoms with Crippen molar-refractivity contribution >= 4 is 17.3 Å². The van der Waals surface area contributed by atoms with Crippen LogP contribution >= 0.6 is 0 Å². The molecule has 2 aromatic carbocycles. The second kappa shape index (κ2) is 9.41. The Morgan fingerprint density at radius 2 is 1.67 bits per heavy atom. The van der Waals surface area contributed by atoms with Crippen LogP contribution in [0.25, 0.3) is 0 Å². The van der Waals surface area contributed by atoms with Gasteiger partial charge in [0.1, 0.15) is 5.56 Å². The number of nitrogens with one attached hydrogen (secondary N) is 1. The lowest BCUT2D eigenvalue weighted by molar-refractivity contribution is 0.102. The van der Waals surface area contributed by atoms with Crippen LogP contribution in [0.3, 0.4) is 0 Å². The van der Waals surface area contributed by atoms with Gasteiger partial charge in [-0.3, -0.25) is 9.69 Å². The van der Waals surface area contributed by atoms with Gasteiger partial charge in [-0.05, 0) is 48.4 Å². The molecule has 1 aromatic heterocycles. The summed E-state index contributed by atoms with van der Waals surface area (Å²) in [4.78, 5) is 20.9. The number of carbonyl (C=O) groups excluding carboxylic acids is 1. The number of para-hydroxylation sites is 1. The summed E-state index contributed by atoms with van der Waals surface area (Å²) in [6, 6.07) is 21.6. The Hall–Kier alpha value is -3.38. The van der Waals surface area contributed by atoms with E-state index in [1.165, 1.54) is 17.4 Å². The number of aromatic nitrogens is 1. The molecule has 2 heterocycles. The Bertz CT molecular complexity index is 968. The number of rotatable bonds is 6. The number of pyridine rings is 1. The van der Waals surface area contributed by atoms with E-state index < -0.39 is 0 Å². The van der Waals surface area contributed by atoms with Crippen LogP contribution in [0.15, 0.2) is 72.9 Å². The van der Waals surface area contributed by atoms with Crippen molar-refractivity contribution in [2.45, 2.75) is 6.42 Å². The molecule has 6 heteroatoms. The Morgan fingerprint density at radius 1 is 0.933 bits per heavy atom. The van der Waals surface area contributed by atoms with Crippen molar-refractivity contribution in [2.75, 3.05) is 42.9 Å². The molecule has 0 atom stereocenters.